The molecule has 0 aliphatic carbocycles. The summed E-state index contributed by atoms with van der Waals surface area (Å²) >= 11 is 4.80. The maximum absolute atomic E-state index is 5.72. The van der Waals surface area contributed by atoms with Gasteiger partial charge in [0.25, 0.3) is 0 Å². The molecule has 14 heavy (non-hydrogen) atoms. The Labute approximate surface area is 109 Å². The zero-order valence-corrected chi connectivity index (χ0v) is 14.2. The predicted molar refractivity (Wildman–Crippen MR) is 70.1 cm³/mol. The molecule has 0 heterocycles. The first-order valence-electron chi connectivity index (χ1n) is 5.05. The van der Waals surface area contributed by atoms with Gasteiger partial charge in [0.15, 0.2) is 0 Å². The number of hydrogen-bond acceptors (Lipinski definition) is 3. The molecule has 0 aromatic heterocycles. The molecule has 2 N–H and O–H groups in total. The summed E-state index contributed by atoms with van der Waals surface area (Å²) in [5.41, 5.74) is 5.72. The monoisotopic (exact) mass is 389 g/mol. The summed E-state index contributed by atoms with van der Waals surface area (Å²) in [6, 6.07) is 0.343. The Balaban J connectivity index is 3.50. The van der Waals surface area contributed by atoms with E-state index < -0.39 is 19.3 Å². The average Bonchev–Trinajstić information content (AvgIpc) is 2.13. The third-order valence-corrected chi connectivity index (χ3v) is 5.41. The molecular weight excluding hydrogens is 369 g/mol. The van der Waals surface area contributed by atoms with E-state index in [1.165, 1.54) is 18.6 Å². The van der Waals surface area contributed by atoms with Crippen LogP contribution < -0.4 is 5.73 Å². The van der Waals surface area contributed by atoms with Crippen molar-refractivity contribution >= 4 is 43.8 Å². The quantitative estimate of drug-likeness (QED) is 0.616. The van der Waals surface area contributed by atoms with Crippen molar-refractivity contribution in [2.24, 2.45) is 5.73 Å². The Kier molecular flexibility index (Phi) is 12.3. The van der Waals surface area contributed by atoms with Crippen LogP contribution in [0.15, 0.2) is 0 Å². The van der Waals surface area contributed by atoms with Gasteiger partial charge in [-0.2, -0.15) is 0 Å². The fourth-order valence-corrected chi connectivity index (χ4v) is 4.20. The molecule has 0 saturated heterocycles. The van der Waals surface area contributed by atoms with E-state index in [4.69, 9.17) is 8.81 Å². The molecule has 0 rings (SSSR count). The third-order valence-electron chi connectivity index (χ3n) is 1.91. The van der Waals surface area contributed by atoms with Gasteiger partial charge < -0.3 is 0 Å². The van der Waals surface area contributed by atoms with Crippen LogP contribution in [-0.2, 0) is 3.07 Å². The molecule has 84 valence electrons. The summed E-state index contributed by atoms with van der Waals surface area (Å²) in [4.78, 5) is 0. The van der Waals surface area contributed by atoms with Gasteiger partial charge in [0.2, 0.25) is 0 Å². The molecule has 0 aromatic rings. The van der Waals surface area contributed by atoms with Crippen molar-refractivity contribution in [2.75, 3.05) is 12.4 Å². The Morgan fingerprint density at radius 1 is 1.50 bits per heavy atom. The van der Waals surface area contributed by atoms with Gasteiger partial charge in [-0.15, -0.1) is 0 Å². The molecule has 2 unspecified atom stereocenters. The molecule has 0 aliphatic heterocycles. The summed E-state index contributed by atoms with van der Waals surface area (Å²) in [6.45, 7) is 5.21. The van der Waals surface area contributed by atoms with Gasteiger partial charge in [0.05, 0.1) is 0 Å². The summed E-state index contributed by atoms with van der Waals surface area (Å²) in [5.74, 6) is 1.18. The zero-order valence-electron chi connectivity index (χ0n) is 8.96. The van der Waals surface area contributed by atoms with Gasteiger partial charge in [-0.1, -0.05) is 0 Å². The van der Waals surface area contributed by atoms with Crippen molar-refractivity contribution in [3.8, 4) is 0 Å². The molecule has 0 spiro atoms. The van der Waals surface area contributed by atoms with Crippen LogP contribution in [0.2, 0.25) is 0 Å². The first-order chi connectivity index (χ1) is 6.70. The second kappa shape index (κ2) is 11.0. The van der Waals surface area contributed by atoms with E-state index in [-0.39, 0.29) is 0 Å². The standard InChI is InChI=1S/C9H20NOS.BrH.Sn/c1-3-12-9(7-11)6-4-5-8(2)10;;/h8-9H,3-7,10H2,1-2H3;1H;/q-1;;+2/p-1. The van der Waals surface area contributed by atoms with Gasteiger partial charge >= 0.3 is 109 Å². The molecule has 2 nitrogen and oxygen atoms in total. The second-order valence-corrected chi connectivity index (χ2v) is 8.39. The van der Waals surface area contributed by atoms with Crippen molar-refractivity contribution in [1.29, 1.82) is 0 Å². The van der Waals surface area contributed by atoms with E-state index in [0.29, 0.717) is 11.3 Å². The van der Waals surface area contributed by atoms with Crippen molar-refractivity contribution in [2.45, 2.75) is 44.4 Å². The van der Waals surface area contributed by atoms with Crippen LogP contribution in [0.5, 0.6) is 0 Å². The maximum atomic E-state index is 5.72. The van der Waals surface area contributed by atoms with E-state index in [1.807, 2.05) is 11.8 Å². The first kappa shape index (κ1) is 15.5. The minimum absolute atomic E-state index is 0.343. The van der Waals surface area contributed by atoms with Crippen molar-refractivity contribution in [3.63, 3.8) is 0 Å². The number of halogens is 1. The van der Waals surface area contributed by atoms with Gasteiger partial charge in [-0.3, -0.25) is 0 Å². The van der Waals surface area contributed by atoms with Gasteiger partial charge in [-0.25, -0.2) is 0 Å². The summed E-state index contributed by atoms with van der Waals surface area (Å²) in [7, 11) is 0. The number of rotatable bonds is 9. The molecule has 0 fully saturated rings. The first-order valence-corrected chi connectivity index (χ1v) is 13.7. The number of nitrogens with two attached hydrogens (primary N) is 1. The Morgan fingerprint density at radius 3 is 2.71 bits per heavy atom. The molecule has 5 heteroatoms. The third kappa shape index (κ3) is 10.1. The SMILES string of the molecule is CCSC(CCCC(C)N)C[O][Sn][Br]. The second-order valence-electron chi connectivity index (χ2n) is 3.37. The van der Waals surface area contributed by atoms with Crippen LogP contribution in [0.1, 0.15) is 33.1 Å². The Hall–Kier alpha value is 1.55. The normalized spacial score (nSPS) is 15.4. The van der Waals surface area contributed by atoms with Crippen LogP contribution in [-0.4, -0.2) is 43.0 Å². The van der Waals surface area contributed by atoms with E-state index in [2.05, 4.69) is 26.6 Å². The summed E-state index contributed by atoms with van der Waals surface area (Å²) in [5, 5.41) is 0.678. The van der Waals surface area contributed by atoms with E-state index >= 15 is 0 Å². The zero-order chi connectivity index (χ0) is 10.8. The molecule has 0 saturated carbocycles. The number of hydrogen-bond donors (Lipinski definition) is 1. The average molecular weight is 389 g/mol. The van der Waals surface area contributed by atoms with Gasteiger partial charge in [0, 0.05) is 0 Å². The molecule has 0 amide bonds. The van der Waals surface area contributed by atoms with Gasteiger partial charge in [0.1, 0.15) is 0 Å². The van der Waals surface area contributed by atoms with Crippen LogP contribution in [0.3, 0.4) is 0 Å². The van der Waals surface area contributed by atoms with Crippen LogP contribution in [0.25, 0.3) is 0 Å². The number of thioether (sulfide) groups is 1. The van der Waals surface area contributed by atoms with Crippen LogP contribution in [0.4, 0.5) is 0 Å². The van der Waals surface area contributed by atoms with Crippen LogP contribution in [0, 0.1) is 0 Å². The van der Waals surface area contributed by atoms with Crippen molar-refractivity contribution in [3.05, 3.63) is 0 Å². The molecule has 2 atom stereocenters. The molecule has 0 bridgehead atoms. The fourth-order valence-electron chi connectivity index (χ4n) is 1.24. The summed E-state index contributed by atoms with van der Waals surface area (Å²) < 4.78 is 5.54. The predicted octanol–water partition coefficient (Wildman–Crippen LogP) is 2.57. The van der Waals surface area contributed by atoms with E-state index in [0.717, 1.165) is 13.0 Å². The Morgan fingerprint density at radius 2 is 2.21 bits per heavy atom. The Bertz CT molecular complexity index is 129. The minimum atomic E-state index is -0.645. The molecule has 0 aromatic carbocycles. The van der Waals surface area contributed by atoms with Crippen molar-refractivity contribution < 1.29 is 3.07 Å². The fraction of sp³-hybridized carbons (Fsp3) is 1.00. The molecule has 0 aliphatic rings. The van der Waals surface area contributed by atoms with Crippen LogP contribution >= 0.6 is 24.5 Å². The summed E-state index contributed by atoms with van der Waals surface area (Å²) in [6.07, 6.45) is 3.60. The van der Waals surface area contributed by atoms with Crippen molar-refractivity contribution in [1.82, 2.24) is 0 Å². The molecule has 2 radical (unpaired) electrons. The van der Waals surface area contributed by atoms with E-state index in [1.54, 1.807) is 0 Å². The molecular formula is C9H20BrNOSSn. The topological polar surface area (TPSA) is 35.2 Å². The van der Waals surface area contributed by atoms with E-state index in [9.17, 15) is 0 Å². The van der Waals surface area contributed by atoms with Gasteiger partial charge in [-0.05, 0) is 0 Å².